The number of fused-ring (bicyclic) bond motifs is 1. The van der Waals surface area contributed by atoms with Crippen LogP contribution in [0.5, 0.6) is 0 Å². The Morgan fingerprint density at radius 2 is 1.81 bits per heavy atom. The molecule has 0 saturated carbocycles. The van der Waals surface area contributed by atoms with Gasteiger partial charge in [0, 0.05) is 21.0 Å². The van der Waals surface area contributed by atoms with Crippen molar-refractivity contribution >= 4 is 50.5 Å². The van der Waals surface area contributed by atoms with Crippen molar-refractivity contribution in [3.05, 3.63) is 100 Å². The van der Waals surface area contributed by atoms with Gasteiger partial charge in [-0.1, -0.05) is 58.9 Å². The first kappa shape index (κ1) is 21.4. The molecule has 5 nitrogen and oxygen atoms in total. The van der Waals surface area contributed by atoms with Crippen molar-refractivity contribution in [3.8, 4) is 11.3 Å². The minimum absolute atomic E-state index is 0.128. The van der Waals surface area contributed by atoms with E-state index in [-0.39, 0.29) is 16.8 Å². The first-order valence-corrected chi connectivity index (χ1v) is 10.3. The Bertz CT molecular complexity index is 1390. The molecule has 1 amide bonds. The smallest absolute Gasteiger partial charge is 0.335 e. The monoisotopic (exact) mass is 490 g/mol. The highest BCUT2D eigenvalue weighted by Gasteiger charge is 2.21. The van der Waals surface area contributed by atoms with Crippen LogP contribution in [0.3, 0.4) is 0 Å². The third-order valence-corrected chi connectivity index (χ3v) is 5.42. The Morgan fingerprint density at radius 3 is 2.47 bits per heavy atom. The van der Waals surface area contributed by atoms with E-state index >= 15 is 0 Å². The molecule has 0 saturated heterocycles. The van der Waals surface area contributed by atoms with E-state index in [0.29, 0.717) is 22.2 Å². The number of carbonyl (C=O) groups is 2. The Hall–Kier alpha value is -3.84. The number of benzene rings is 3. The Balaban J connectivity index is 1.90. The maximum absolute atomic E-state index is 14.5. The SMILES string of the molecule is C=Cc1c(-c2ccccc2)nc2ccc(Br)cc2c1C(=O)Nc1ccc(C(=O)O)cc1F. The standard InChI is InChI=1S/C25H16BrFN2O3/c1-2-17-22(24(30)29-21-10-8-15(25(31)32)12-19(21)27)18-13-16(26)9-11-20(18)28-23(17)14-6-4-3-5-7-14/h2-13H,1H2,(H,29,30)(H,31,32). The van der Waals surface area contributed by atoms with E-state index < -0.39 is 17.7 Å². The van der Waals surface area contributed by atoms with Gasteiger partial charge in [0.25, 0.3) is 5.91 Å². The quantitative estimate of drug-likeness (QED) is 0.339. The molecule has 3 aromatic carbocycles. The van der Waals surface area contributed by atoms with Crippen LogP contribution in [0.4, 0.5) is 10.1 Å². The van der Waals surface area contributed by atoms with E-state index in [4.69, 9.17) is 10.1 Å². The molecule has 7 heteroatoms. The topological polar surface area (TPSA) is 79.3 Å². The van der Waals surface area contributed by atoms with Crippen molar-refractivity contribution < 1.29 is 19.1 Å². The zero-order chi connectivity index (χ0) is 22.8. The number of aromatic carboxylic acids is 1. The molecular formula is C25H16BrFN2O3. The summed E-state index contributed by atoms with van der Waals surface area (Å²) in [6.07, 6.45) is 1.55. The number of nitrogens with one attached hydrogen (secondary N) is 1. The number of aromatic nitrogens is 1. The van der Waals surface area contributed by atoms with E-state index in [2.05, 4.69) is 27.8 Å². The summed E-state index contributed by atoms with van der Waals surface area (Å²) < 4.78 is 15.2. The molecule has 0 atom stereocenters. The molecule has 4 aromatic rings. The molecular weight excluding hydrogens is 475 g/mol. The summed E-state index contributed by atoms with van der Waals surface area (Å²) in [7, 11) is 0. The Kier molecular flexibility index (Phi) is 5.83. The lowest BCUT2D eigenvalue weighted by Crippen LogP contribution is -2.16. The van der Waals surface area contributed by atoms with Gasteiger partial charge in [-0.3, -0.25) is 4.79 Å². The van der Waals surface area contributed by atoms with Crippen LogP contribution in [0.25, 0.3) is 28.2 Å². The number of halogens is 2. The molecule has 4 rings (SSSR count). The second-order valence-corrected chi connectivity index (χ2v) is 7.85. The fourth-order valence-electron chi connectivity index (χ4n) is 3.44. The van der Waals surface area contributed by atoms with E-state index in [1.54, 1.807) is 18.2 Å². The summed E-state index contributed by atoms with van der Waals surface area (Å²) in [5, 5.41) is 12.2. The highest BCUT2D eigenvalue weighted by Crippen LogP contribution is 2.33. The van der Waals surface area contributed by atoms with Crippen LogP contribution in [0.1, 0.15) is 26.3 Å². The number of amides is 1. The molecule has 1 heterocycles. The molecule has 1 aromatic heterocycles. The first-order chi connectivity index (χ1) is 15.4. The summed E-state index contributed by atoms with van der Waals surface area (Å²) in [6, 6.07) is 18.1. The predicted molar refractivity (Wildman–Crippen MR) is 126 cm³/mol. The second kappa shape index (κ2) is 8.72. The normalized spacial score (nSPS) is 10.7. The summed E-state index contributed by atoms with van der Waals surface area (Å²) in [5.41, 5.74) is 2.41. The van der Waals surface area contributed by atoms with Gasteiger partial charge in [-0.05, 0) is 36.4 Å². The number of carbonyl (C=O) groups excluding carboxylic acids is 1. The van der Waals surface area contributed by atoms with Crippen LogP contribution in [0.2, 0.25) is 0 Å². The minimum Gasteiger partial charge on any atom is -0.478 e. The molecule has 0 spiro atoms. The van der Waals surface area contributed by atoms with E-state index in [9.17, 15) is 14.0 Å². The summed E-state index contributed by atoms with van der Waals surface area (Å²) >= 11 is 3.42. The fourth-order valence-corrected chi connectivity index (χ4v) is 3.81. The van der Waals surface area contributed by atoms with Gasteiger partial charge in [-0.15, -0.1) is 0 Å². The fraction of sp³-hybridized carbons (Fsp3) is 0. The third-order valence-electron chi connectivity index (χ3n) is 4.93. The number of pyridine rings is 1. The molecule has 0 aliphatic heterocycles. The lowest BCUT2D eigenvalue weighted by molar-refractivity contribution is 0.0696. The van der Waals surface area contributed by atoms with Crippen LogP contribution < -0.4 is 5.32 Å². The summed E-state index contributed by atoms with van der Waals surface area (Å²) in [4.78, 5) is 29.2. The van der Waals surface area contributed by atoms with E-state index in [1.807, 2.05) is 36.4 Å². The van der Waals surface area contributed by atoms with Gasteiger partial charge in [0.2, 0.25) is 0 Å². The van der Waals surface area contributed by atoms with E-state index in [0.717, 1.165) is 16.1 Å². The predicted octanol–water partition coefficient (Wildman–Crippen LogP) is 6.40. The Labute approximate surface area is 191 Å². The molecule has 158 valence electrons. The second-order valence-electron chi connectivity index (χ2n) is 6.93. The lowest BCUT2D eigenvalue weighted by atomic mass is 9.96. The molecule has 0 radical (unpaired) electrons. The molecule has 2 N–H and O–H groups in total. The van der Waals surface area contributed by atoms with Crippen molar-refractivity contribution in [2.24, 2.45) is 0 Å². The highest BCUT2D eigenvalue weighted by atomic mass is 79.9. The average molecular weight is 491 g/mol. The van der Waals surface area contributed by atoms with Crippen molar-refractivity contribution in [1.82, 2.24) is 4.98 Å². The van der Waals surface area contributed by atoms with Gasteiger partial charge >= 0.3 is 5.97 Å². The third kappa shape index (κ3) is 4.02. The number of rotatable bonds is 5. The van der Waals surface area contributed by atoms with Gasteiger partial charge in [-0.2, -0.15) is 0 Å². The number of nitrogens with zero attached hydrogens (tertiary/aromatic N) is 1. The van der Waals surface area contributed by atoms with Crippen LogP contribution in [0, 0.1) is 5.82 Å². The molecule has 0 aliphatic carbocycles. The van der Waals surface area contributed by atoms with Crippen molar-refractivity contribution in [2.45, 2.75) is 0 Å². The van der Waals surface area contributed by atoms with Crippen molar-refractivity contribution in [1.29, 1.82) is 0 Å². The van der Waals surface area contributed by atoms with Gasteiger partial charge < -0.3 is 10.4 Å². The van der Waals surface area contributed by atoms with Gasteiger partial charge in [0.1, 0.15) is 5.82 Å². The number of hydrogen-bond acceptors (Lipinski definition) is 3. The van der Waals surface area contributed by atoms with Crippen molar-refractivity contribution in [2.75, 3.05) is 5.32 Å². The van der Waals surface area contributed by atoms with Crippen LogP contribution >= 0.6 is 15.9 Å². The van der Waals surface area contributed by atoms with Gasteiger partial charge in [0.15, 0.2) is 0 Å². The van der Waals surface area contributed by atoms with Crippen LogP contribution in [-0.4, -0.2) is 22.0 Å². The highest BCUT2D eigenvalue weighted by molar-refractivity contribution is 9.10. The van der Waals surface area contributed by atoms with Crippen LogP contribution in [0.15, 0.2) is 77.8 Å². The number of carboxylic acids is 1. The average Bonchev–Trinajstić information content (AvgIpc) is 2.79. The zero-order valence-corrected chi connectivity index (χ0v) is 18.2. The molecule has 0 unspecified atom stereocenters. The van der Waals surface area contributed by atoms with E-state index in [1.165, 1.54) is 12.1 Å². The van der Waals surface area contributed by atoms with Gasteiger partial charge in [-0.25, -0.2) is 14.2 Å². The Morgan fingerprint density at radius 1 is 1.06 bits per heavy atom. The number of anilines is 1. The maximum Gasteiger partial charge on any atom is 0.335 e. The molecule has 32 heavy (non-hydrogen) atoms. The summed E-state index contributed by atoms with van der Waals surface area (Å²) in [6.45, 7) is 3.87. The first-order valence-electron chi connectivity index (χ1n) is 9.54. The largest absolute Gasteiger partial charge is 0.478 e. The van der Waals surface area contributed by atoms with Crippen molar-refractivity contribution in [3.63, 3.8) is 0 Å². The number of hydrogen-bond donors (Lipinski definition) is 2. The molecule has 0 bridgehead atoms. The minimum atomic E-state index is -1.26. The number of carboxylic acid groups (broad SMARTS) is 1. The molecule has 0 fully saturated rings. The van der Waals surface area contributed by atoms with Gasteiger partial charge in [0.05, 0.1) is 28.0 Å². The lowest BCUT2D eigenvalue weighted by Gasteiger charge is -2.16. The zero-order valence-electron chi connectivity index (χ0n) is 16.6. The van der Waals surface area contributed by atoms with Crippen LogP contribution in [-0.2, 0) is 0 Å². The molecule has 0 aliphatic rings. The maximum atomic E-state index is 14.5. The summed E-state index contributed by atoms with van der Waals surface area (Å²) in [5.74, 6) is -2.67.